The molecule has 1 unspecified atom stereocenters. The predicted molar refractivity (Wildman–Crippen MR) is 113 cm³/mol. The van der Waals surface area contributed by atoms with Crippen LogP contribution >= 0.6 is 19.0 Å². The van der Waals surface area contributed by atoms with E-state index in [9.17, 15) is 14.7 Å². The van der Waals surface area contributed by atoms with Gasteiger partial charge in [0.25, 0.3) is 0 Å². The number of ether oxygens (including phenoxy) is 1. The highest BCUT2D eigenvalue weighted by molar-refractivity contribution is 7.54. The second-order valence-electron chi connectivity index (χ2n) is 7.21. The number of fused-ring (bicyclic) bond motifs is 1. The Morgan fingerprint density at radius 3 is 2.57 bits per heavy atom. The van der Waals surface area contributed by atoms with Crippen molar-refractivity contribution in [1.82, 2.24) is 14.3 Å². The van der Waals surface area contributed by atoms with E-state index in [0.29, 0.717) is 11.3 Å². The molecule has 1 aromatic heterocycles. The van der Waals surface area contributed by atoms with E-state index in [1.807, 2.05) is 15.4 Å². The molecule has 0 amide bonds. The summed E-state index contributed by atoms with van der Waals surface area (Å²) in [4.78, 5) is 15.3. The first-order chi connectivity index (χ1) is 14.4. The quantitative estimate of drug-likeness (QED) is 0.210. The van der Waals surface area contributed by atoms with Gasteiger partial charge in [-0.15, -0.1) is 11.3 Å². The van der Waals surface area contributed by atoms with Gasteiger partial charge in [-0.3, -0.25) is 19.2 Å². The molecule has 0 aliphatic carbocycles. The molecule has 156 valence electrons. The molecule has 11 heteroatoms. The Labute approximate surface area is 176 Å². The van der Waals surface area contributed by atoms with Crippen LogP contribution in [0.4, 0.5) is 5.69 Å². The van der Waals surface area contributed by atoms with E-state index >= 15 is 0 Å². The highest BCUT2D eigenvalue weighted by Gasteiger charge is 2.50. The number of hydrogen-bond donors (Lipinski definition) is 0. The van der Waals surface area contributed by atoms with Crippen molar-refractivity contribution in [3.8, 4) is 11.5 Å². The summed E-state index contributed by atoms with van der Waals surface area (Å²) < 4.78 is 29.7. The van der Waals surface area contributed by atoms with Crippen molar-refractivity contribution in [1.29, 1.82) is 0 Å². The zero-order valence-corrected chi connectivity index (χ0v) is 17.8. The second kappa shape index (κ2) is 7.40. The van der Waals surface area contributed by atoms with Gasteiger partial charge in [0.2, 0.25) is 5.75 Å². The van der Waals surface area contributed by atoms with Crippen LogP contribution in [0, 0.1) is 10.1 Å². The normalized spacial score (nSPS) is 17.8. The lowest BCUT2D eigenvalue weighted by Gasteiger charge is -2.24. The van der Waals surface area contributed by atoms with E-state index in [2.05, 4.69) is 4.98 Å². The molecule has 9 nitrogen and oxygen atoms in total. The molecule has 0 bridgehead atoms. The number of rotatable bonds is 8. The zero-order valence-electron chi connectivity index (χ0n) is 16.1. The summed E-state index contributed by atoms with van der Waals surface area (Å²) >= 11 is 1.47. The third-order valence-electron chi connectivity index (χ3n) is 5.04. The first kappa shape index (κ1) is 19.6. The number of nitrogens with zero attached hydrogens (tertiary/aromatic N) is 4. The van der Waals surface area contributed by atoms with Crippen LogP contribution in [0.3, 0.4) is 0 Å². The fourth-order valence-corrected chi connectivity index (χ4v) is 6.27. The van der Waals surface area contributed by atoms with E-state index < -0.39 is 18.7 Å². The number of nitro benzene ring substituents is 1. The number of aromatic nitrogens is 1. The average Bonchev–Trinajstić information content (AvgIpc) is 3.64. The summed E-state index contributed by atoms with van der Waals surface area (Å²) in [5, 5.41) is 11.5. The van der Waals surface area contributed by atoms with Gasteiger partial charge in [-0.25, -0.2) is 14.3 Å². The van der Waals surface area contributed by atoms with E-state index in [1.54, 1.807) is 36.7 Å². The molecule has 2 saturated heterocycles. The molecule has 0 spiro atoms. The first-order valence-corrected chi connectivity index (χ1v) is 11.9. The fourth-order valence-electron chi connectivity index (χ4n) is 3.22. The predicted octanol–water partition coefficient (Wildman–Crippen LogP) is 4.81. The minimum Gasteiger partial charge on any atom is -0.450 e. The molecular weight excluding hydrogens is 427 g/mol. The molecule has 2 aliphatic heterocycles. The van der Waals surface area contributed by atoms with E-state index in [1.165, 1.54) is 17.4 Å². The minimum atomic E-state index is -3.01. The molecular formula is C19H19N4O5PS. The van der Waals surface area contributed by atoms with Gasteiger partial charge in [0.1, 0.15) is 5.75 Å². The van der Waals surface area contributed by atoms with E-state index in [4.69, 9.17) is 9.26 Å². The largest absolute Gasteiger partial charge is 0.450 e. The Hall–Kier alpha value is -2.36. The molecule has 3 aromatic rings. The number of nitro groups is 1. The fraction of sp³-hybridized carbons (Fsp3) is 0.316. The second-order valence-corrected chi connectivity index (χ2v) is 10.4. The van der Waals surface area contributed by atoms with Crippen LogP contribution in [0.5, 0.6) is 11.5 Å². The molecule has 0 saturated carbocycles. The molecule has 0 radical (unpaired) electrons. The molecule has 0 N–H and O–H groups in total. The van der Waals surface area contributed by atoms with Crippen molar-refractivity contribution in [2.24, 2.45) is 0 Å². The third kappa shape index (κ3) is 3.73. The van der Waals surface area contributed by atoms with Crippen molar-refractivity contribution in [2.45, 2.75) is 13.0 Å². The summed E-state index contributed by atoms with van der Waals surface area (Å²) in [5.41, 5.74) is 3.10. The van der Waals surface area contributed by atoms with Crippen LogP contribution in [0.1, 0.15) is 18.6 Å². The number of benzene rings is 2. The maximum Gasteiger partial charge on any atom is 0.346 e. The molecule has 2 aliphatic rings. The van der Waals surface area contributed by atoms with Crippen LogP contribution in [-0.2, 0) is 9.09 Å². The molecule has 30 heavy (non-hydrogen) atoms. The summed E-state index contributed by atoms with van der Waals surface area (Å²) in [7, 11) is -3.01. The van der Waals surface area contributed by atoms with Gasteiger partial charge >= 0.3 is 13.4 Å². The van der Waals surface area contributed by atoms with Crippen LogP contribution in [0.2, 0.25) is 0 Å². The Morgan fingerprint density at radius 2 is 1.90 bits per heavy atom. The van der Waals surface area contributed by atoms with Gasteiger partial charge in [-0.05, 0) is 36.8 Å². The van der Waals surface area contributed by atoms with Crippen molar-refractivity contribution < 1.29 is 18.7 Å². The van der Waals surface area contributed by atoms with Gasteiger partial charge in [0.15, 0.2) is 0 Å². The molecule has 2 aromatic carbocycles. The SMILES string of the molecule is CC(OP(=O)(N1CC1)N1CC1)c1ccc([N+](=O)[O-])c(Oc2ccc3ncsc3c2)c1. The topological polar surface area (TPSA) is 97.6 Å². The molecule has 1 atom stereocenters. The third-order valence-corrected chi connectivity index (χ3v) is 8.65. The zero-order chi connectivity index (χ0) is 20.9. The Bertz CT molecular complexity index is 1160. The Morgan fingerprint density at radius 1 is 1.17 bits per heavy atom. The van der Waals surface area contributed by atoms with Crippen molar-refractivity contribution in [3.05, 3.63) is 57.6 Å². The lowest BCUT2D eigenvalue weighted by atomic mass is 10.1. The Kier molecular flexibility index (Phi) is 4.83. The van der Waals surface area contributed by atoms with Crippen molar-refractivity contribution in [3.63, 3.8) is 0 Å². The minimum absolute atomic E-state index is 0.116. The maximum absolute atomic E-state index is 13.3. The standard InChI is InChI=1S/C19H19N4O5PS/c1-13(28-29(26,21-6-7-21)22-8-9-22)14-2-5-17(23(24)25)18(10-14)27-15-3-4-16-19(11-15)30-12-20-16/h2-5,10-13H,6-9H2,1H3. The van der Waals surface area contributed by atoms with Crippen LogP contribution in [-0.4, -0.2) is 45.4 Å². The van der Waals surface area contributed by atoms with Crippen LogP contribution in [0.25, 0.3) is 10.2 Å². The maximum atomic E-state index is 13.3. The van der Waals surface area contributed by atoms with Crippen molar-refractivity contribution >= 4 is 34.9 Å². The van der Waals surface area contributed by atoms with Gasteiger partial charge < -0.3 is 4.74 Å². The number of thiazole rings is 1. The highest BCUT2D eigenvalue weighted by atomic mass is 32.1. The molecule has 5 rings (SSSR count). The van der Waals surface area contributed by atoms with E-state index in [0.717, 1.165) is 36.4 Å². The van der Waals surface area contributed by atoms with Gasteiger partial charge in [-0.2, -0.15) is 0 Å². The van der Waals surface area contributed by atoms with Crippen molar-refractivity contribution in [2.75, 3.05) is 26.2 Å². The van der Waals surface area contributed by atoms with Gasteiger partial charge in [0.05, 0.1) is 26.8 Å². The highest BCUT2D eigenvalue weighted by Crippen LogP contribution is 2.63. The Balaban J connectivity index is 1.43. The average molecular weight is 446 g/mol. The van der Waals surface area contributed by atoms with Gasteiger partial charge in [-0.1, -0.05) is 0 Å². The molecule has 2 fully saturated rings. The first-order valence-electron chi connectivity index (χ1n) is 9.53. The monoisotopic (exact) mass is 446 g/mol. The lowest BCUT2D eigenvalue weighted by molar-refractivity contribution is -0.385. The lowest BCUT2D eigenvalue weighted by Crippen LogP contribution is -2.10. The summed E-state index contributed by atoms with van der Waals surface area (Å²) in [5.74, 6) is 0.601. The van der Waals surface area contributed by atoms with Crippen LogP contribution < -0.4 is 4.74 Å². The number of hydrogen-bond acceptors (Lipinski definition) is 7. The van der Waals surface area contributed by atoms with Gasteiger partial charge in [0, 0.05) is 38.3 Å². The molecule has 3 heterocycles. The smallest absolute Gasteiger partial charge is 0.346 e. The summed E-state index contributed by atoms with van der Waals surface area (Å²) in [6.07, 6.45) is -0.510. The summed E-state index contributed by atoms with van der Waals surface area (Å²) in [6, 6.07) is 9.96. The summed E-state index contributed by atoms with van der Waals surface area (Å²) in [6.45, 7) is 4.84. The van der Waals surface area contributed by atoms with Crippen LogP contribution in [0.15, 0.2) is 41.9 Å². The van der Waals surface area contributed by atoms with E-state index in [-0.39, 0.29) is 11.4 Å².